The number of nitrogens with zero attached hydrogens (tertiary/aromatic N) is 2. The lowest BCUT2D eigenvalue weighted by Crippen LogP contribution is -1.98. The van der Waals surface area contributed by atoms with E-state index in [1.807, 2.05) is 18.2 Å². The Morgan fingerprint density at radius 2 is 1.81 bits per heavy atom. The topological polar surface area (TPSA) is 28.7 Å². The highest BCUT2D eigenvalue weighted by Crippen LogP contribution is 2.34. The van der Waals surface area contributed by atoms with Crippen LogP contribution in [0.4, 0.5) is 0 Å². The van der Waals surface area contributed by atoms with Crippen molar-refractivity contribution < 1.29 is 0 Å². The van der Waals surface area contributed by atoms with Gasteiger partial charge in [0.15, 0.2) is 0 Å². The lowest BCUT2D eigenvalue weighted by atomic mass is 10.0. The molecule has 3 aromatic rings. The second-order valence-corrected chi connectivity index (χ2v) is 5.40. The Bertz CT molecular complexity index is 863. The lowest BCUT2D eigenvalue weighted by molar-refractivity contribution is 0.804. The molecule has 0 aliphatic rings. The van der Waals surface area contributed by atoms with Gasteiger partial charge in [-0.15, -0.1) is 0 Å². The van der Waals surface area contributed by atoms with Crippen molar-refractivity contribution in [3.63, 3.8) is 0 Å². The van der Waals surface area contributed by atoms with Crippen molar-refractivity contribution in [2.24, 2.45) is 0 Å². The van der Waals surface area contributed by atoms with Crippen LogP contribution in [0.1, 0.15) is 23.6 Å². The average molecular weight is 274 g/mol. The molecule has 0 radical (unpaired) electrons. The number of hydrogen-bond acceptors (Lipinski definition) is 1. The van der Waals surface area contributed by atoms with E-state index < -0.39 is 0 Å². The van der Waals surface area contributed by atoms with Gasteiger partial charge >= 0.3 is 0 Å². The molecular formula is C19H18N2. The van der Waals surface area contributed by atoms with Crippen LogP contribution in [-0.4, -0.2) is 4.57 Å². The Labute approximate surface area is 125 Å². The minimum Gasteiger partial charge on any atom is -0.340 e. The smallest absolute Gasteiger partial charge is 0.102 e. The average Bonchev–Trinajstić information content (AvgIpc) is 2.83. The standard InChI is InChI=1S/C19H18N2/c1-4-21-18-8-6-5-7-16(18)17(12-20)19(21)15-10-9-13(2)14(3)11-15/h5-11H,4H2,1-3H3. The van der Waals surface area contributed by atoms with E-state index in [0.717, 1.165) is 34.3 Å². The quantitative estimate of drug-likeness (QED) is 0.658. The number of aromatic nitrogens is 1. The van der Waals surface area contributed by atoms with E-state index in [1.165, 1.54) is 11.1 Å². The molecule has 104 valence electrons. The Morgan fingerprint density at radius 3 is 2.48 bits per heavy atom. The SMILES string of the molecule is CCn1c(-c2ccc(C)c(C)c2)c(C#N)c2ccccc21. The van der Waals surface area contributed by atoms with E-state index >= 15 is 0 Å². The highest BCUT2D eigenvalue weighted by atomic mass is 15.0. The number of benzene rings is 2. The van der Waals surface area contributed by atoms with Crippen LogP contribution in [0.25, 0.3) is 22.2 Å². The van der Waals surface area contributed by atoms with Gasteiger partial charge in [0.2, 0.25) is 0 Å². The van der Waals surface area contributed by atoms with E-state index in [4.69, 9.17) is 0 Å². The molecule has 0 N–H and O–H groups in total. The van der Waals surface area contributed by atoms with Gasteiger partial charge in [0.05, 0.1) is 11.3 Å². The van der Waals surface area contributed by atoms with Gasteiger partial charge in [0.25, 0.3) is 0 Å². The van der Waals surface area contributed by atoms with Crippen LogP contribution in [0.2, 0.25) is 0 Å². The third-order valence-corrected chi connectivity index (χ3v) is 4.18. The molecule has 0 atom stereocenters. The molecule has 0 unspecified atom stereocenters. The molecule has 0 saturated heterocycles. The number of fused-ring (bicyclic) bond motifs is 1. The number of aryl methyl sites for hydroxylation is 3. The van der Waals surface area contributed by atoms with Gasteiger partial charge < -0.3 is 4.57 Å². The molecule has 21 heavy (non-hydrogen) atoms. The van der Waals surface area contributed by atoms with Crippen LogP contribution in [0.15, 0.2) is 42.5 Å². The fourth-order valence-electron chi connectivity index (χ4n) is 2.93. The van der Waals surface area contributed by atoms with Gasteiger partial charge in [0.1, 0.15) is 6.07 Å². The Morgan fingerprint density at radius 1 is 1.05 bits per heavy atom. The summed E-state index contributed by atoms with van der Waals surface area (Å²) in [7, 11) is 0. The summed E-state index contributed by atoms with van der Waals surface area (Å²) in [5.74, 6) is 0. The van der Waals surface area contributed by atoms with Crippen molar-refractivity contribution in [2.45, 2.75) is 27.3 Å². The second-order valence-electron chi connectivity index (χ2n) is 5.40. The summed E-state index contributed by atoms with van der Waals surface area (Å²) in [6, 6.07) is 17.0. The van der Waals surface area contributed by atoms with Gasteiger partial charge in [-0.05, 0) is 49.6 Å². The molecule has 2 nitrogen and oxygen atoms in total. The summed E-state index contributed by atoms with van der Waals surface area (Å²) in [5, 5.41) is 10.7. The van der Waals surface area contributed by atoms with Gasteiger partial charge in [-0.25, -0.2) is 0 Å². The van der Waals surface area contributed by atoms with Gasteiger partial charge in [-0.3, -0.25) is 0 Å². The van der Waals surface area contributed by atoms with E-state index in [1.54, 1.807) is 0 Å². The van der Waals surface area contributed by atoms with E-state index in [-0.39, 0.29) is 0 Å². The van der Waals surface area contributed by atoms with Gasteiger partial charge in [-0.1, -0.05) is 30.3 Å². The molecule has 3 rings (SSSR count). The van der Waals surface area contributed by atoms with Crippen molar-refractivity contribution in [2.75, 3.05) is 0 Å². The first kappa shape index (κ1) is 13.5. The molecule has 0 bridgehead atoms. The van der Waals surface area contributed by atoms with Crippen molar-refractivity contribution >= 4 is 10.9 Å². The van der Waals surface area contributed by atoms with E-state index in [2.05, 4.69) is 55.7 Å². The molecule has 0 fully saturated rings. The second kappa shape index (κ2) is 5.10. The molecule has 0 aliphatic carbocycles. The summed E-state index contributed by atoms with van der Waals surface area (Å²) in [4.78, 5) is 0. The maximum atomic E-state index is 9.65. The number of nitriles is 1. The number of rotatable bonds is 2. The molecule has 0 amide bonds. The van der Waals surface area contributed by atoms with Crippen LogP contribution >= 0.6 is 0 Å². The molecule has 1 aromatic heterocycles. The highest BCUT2D eigenvalue weighted by molar-refractivity contribution is 5.94. The molecule has 0 aliphatic heterocycles. The summed E-state index contributed by atoms with van der Waals surface area (Å²) in [6.45, 7) is 7.20. The zero-order chi connectivity index (χ0) is 15.0. The van der Waals surface area contributed by atoms with Crippen LogP contribution in [0, 0.1) is 25.2 Å². The maximum absolute atomic E-state index is 9.65. The molecule has 2 aromatic carbocycles. The normalized spacial score (nSPS) is 10.8. The first-order chi connectivity index (χ1) is 10.2. The van der Waals surface area contributed by atoms with Gasteiger partial charge in [-0.2, -0.15) is 5.26 Å². The number of hydrogen-bond donors (Lipinski definition) is 0. The molecule has 0 spiro atoms. The summed E-state index contributed by atoms with van der Waals surface area (Å²) in [6.07, 6.45) is 0. The van der Waals surface area contributed by atoms with E-state index in [9.17, 15) is 5.26 Å². The fourth-order valence-corrected chi connectivity index (χ4v) is 2.93. The van der Waals surface area contributed by atoms with Crippen LogP contribution in [0.3, 0.4) is 0 Å². The molecule has 2 heteroatoms. The number of para-hydroxylation sites is 1. The van der Waals surface area contributed by atoms with Crippen molar-refractivity contribution in [1.82, 2.24) is 4.57 Å². The fraction of sp³-hybridized carbons (Fsp3) is 0.211. The Balaban J connectivity index is 2.41. The van der Waals surface area contributed by atoms with Crippen molar-refractivity contribution in [1.29, 1.82) is 5.26 Å². The summed E-state index contributed by atoms with van der Waals surface area (Å²) < 4.78 is 2.23. The monoisotopic (exact) mass is 274 g/mol. The summed E-state index contributed by atoms with van der Waals surface area (Å²) in [5.41, 5.74) is 6.58. The molecular weight excluding hydrogens is 256 g/mol. The molecule has 0 saturated carbocycles. The van der Waals surface area contributed by atoms with Crippen LogP contribution < -0.4 is 0 Å². The minimum atomic E-state index is 0.774. The summed E-state index contributed by atoms with van der Waals surface area (Å²) >= 11 is 0. The van der Waals surface area contributed by atoms with Crippen molar-refractivity contribution in [3.05, 3.63) is 59.2 Å². The Hall–Kier alpha value is -2.53. The van der Waals surface area contributed by atoms with Crippen molar-refractivity contribution in [3.8, 4) is 17.3 Å². The third kappa shape index (κ3) is 2.02. The minimum absolute atomic E-state index is 0.774. The lowest BCUT2D eigenvalue weighted by Gasteiger charge is -2.10. The first-order valence-corrected chi connectivity index (χ1v) is 7.26. The Kier molecular flexibility index (Phi) is 3.27. The first-order valence-electron chi connectivity index (χ1n) is 7.26. The predicted molar refractivity (Wildman–Crippen MR) is 87.2 cm³/mol. The van der Waals surface area contributed by atoms with Crippen LogP contribution in [-0.2, 0) is 6.54 Å². The maximum Gasteiger partial charge on any atom is 0.102 e. The predicted octanol–water partition coefficient (Wildman–Crippen LogP) is 4.82. The third-order valence-electron chi connectivity index (χ3n) is 4.18. The van der Waals surface area contributed by atoms with E-state index in [0.29, 0.717) is 0 Å². The molecule has 1 heterocycles. The van der Waals surface area contributed by atoms with Crippen LogP contribution in [0.5, 0.6) is 0 Å². The highest BCUT2D eigenvalue weighted by Gasteiger charge is 2.17. The largest absolute Gasteiger partial charge is 0.340 e. The zero-order valence-electron chi connectivity index (χ0n) is 12.6. The van der Waals surface area contributed by atoms with Gasteiger partial charge in [0, 0.05) is 17.4 Å². The zero-order valence-corrected chi connectivity index (χ0v) is 12.6.